The van der Waals surface area contributed by atoms with Crippen LogP contribution >= 0.6 is 23.2 Å². The average molecular weight is 214 g/mol. The third-order valence-electron chi connectivity index (χ3n) is 1.89. The van der Waals surface area contributed by atoms with Crippen LogP contribution in [0.15, 0.2) is 18.3 Å². The summed E-state index contributed by atoms with van der Waals surface area (Å²) in [5.41, 5.74) is 1.25. The number of aromatic nitrogens is 1. The minimum atomic E-state index is 0.399. The number of benzene rings is 1. The van der Waals surface area contributed by atoms with Crippen LogP contribution in [0, 0.1) is 0 Å². The summed E-state index contributed by atoms with van der Waals surface area (Å²) in [7, 11) is 0. The first kappa shape index (κ1) is 8.60. The highest BCUT2D eigenvalue weighted by Gasteiger charge is 2.09. The second-order valence-electron chi connectivity index (χ2n) is 2.65. The summed E-state index contributed by atoms with van der Waals surface area (Å²) in [6.45, 7) is 0. The second-order valence-corrected chi connectivity index (χ2v) is 3.43. The molecule has 0 fully saturated rings. The van der Waals surface area contributed by atoms with E-state index >= 15 is 0 Å². The molecule has 0 amide bonds. The molecule has 0 radical (unpaired) electrons. The molecule has 2 aromatic rings. The number of hydrogen-bond donors (Lipinski definition) is 1. The fourth-order valence-electron chi connectivity index (χ4n) is 1.28. The lowest BCUT2D eigenvalue weighted by molar-refractivity contribution is 0.112. The molecule has 2 rings (SSSR count). The number of fused-ring (bicyclic) bond motifs is 1. The fraction of sp³-hybridized carbons (Fsp3) is 0. The van der Waals surface area contributed by atoms with E-state index in [1.165, 1.54) is 0 Å². The predicted octanol–water partition coefficient (Wildman–Crippen LogP) is 3.29. The van der Waals surface area contributed by atoms with Crippen molar-refractivity contribution < 1.29 is 4.79 Å². The third-order valence-corrected chi connectivity index (χ3v) is 2.69. The van der Waals surface area contributed by atoms with Crippen molar-refractivity contribution in [3.63, 3.8) is 0 Å². The van der Waals surface area contributed by atoms with Gasteiger partial charge in [0, 0.05) is 17.1 Å². The van der Waals surface area contributed by atoms with E-state index in [-0.39, 0.29) is 0 Å². The summed E-state index contributed by atoms with van der Waals surface area (Å²) in [5.74, 6) is 0. The molecule has 4 heteroatoms. The van der Waals surface area contributed by atoms with Crippen molar-refractivity contribution in [1.29, 1.82) is 0 Å². The zero-order valence-corrected chi connectivity index (χ0v) is 7.99. The number of H-pyrrole nitrogens is 1. The molecule has 0 unspecified atom stereocenters. The molecule has 0 aliphatic heterocycles. The summed E-state index contributed by atoms with van der Waals surface area (Å²) in [6.07, 6.45) is 2.47. The van der Waals surface area contributed by atoms with Crippen molar-refractivity contribution in [1.82, 2.24) is 4.98 Å². The summed E-state index contributed by atoms with van der Waals surface area (Å²) in [6, 6.07) is 3.34. The number of carbonyl (C=O) groups is 1. The molecule has 1 N–H and O–H groups in total. The molecule has 13 heavy (non-hydrogen) atoms. The fourth-order valence-corrected chi connectivity index (χ4v) is 1.72. The van der Waals surface area contributed by atoms with Crippen LogP contribution < -0.4 is 0 Å². The van der Waals surface area contributed by atoms with Gasteiger partial charge in [0.25, 0.3) is 0 Å². The summed E-state index contributed by atoms with van der Waals surface area (Å²) in [4.78, 5) is 13.6. The molecule has 0 saturated heterocycles. The largest absolute Gasteiger partial charge is 0.361 e. The van der Waals surface area contributed by atoms with E-state index < -0.39 is 0 Å². The van der Waals surface area contributed by atoms with Gasteiger partial charge in [-0.15, -0.1) is 0 Å². The van der Waals surface area contributed by atoms with E-state index in [9.17, 15) is 4.79 Å². The van der Waals surface area contributed by atoms with Gasteiger partial charge in [-0.05, 0) is 12.1 Å². The number of aromatic amines is 1. The van der Waals surface area contributed by atoms with Crippen LogP contribution in [0.3, 0.4) is 0 Å². The summed E-state index contributed by atoms with van der Waals surface area (Å²) >= 11 is 11.8. The molecule has 0 aliphatic carbocycles. The SMILES string of the molecule is O=Cc1cc(Cl)c(Cl)c2cc[nH]c12. The van der Waals surface area contributed by atoms with Crippen LogP contribution in [0.25, 0.3) is 10.9 Å². The highest BCUT2D eigenvalue weighted by atomic mass is 35.5. The first-order valence-electron chi connectivity index (χ1n) is 3.64. The smallest absolute Gasteiger partial charge is 0.152 e. The number of nitrogens with one attached hydrogen (secondary N) is 1. The van der Waals surface area contributed by atoms with Gasteiger partial charge in [-0.25, -0.2) is 0 Å². The monoisotopic (exact) mass is 213 g/mol. The molecular weight excluding hydrogens is 209 g/mol. The second kappa shape index (κ2) is 3.05. The van der Waals surface area contributed by atoms with Crippen molar-refractivity contribution in [3.8, 4) is 0 Å². The molecule has 2 nitrogen and oxygen atoms in total. The van der Waals surface area contributed by atoms with E-state index in [0.717, 1.165) is 17.2 Å². The van der Waals surface area contributed by atoms with Gasteiger partial charge >= 0.3 is 0 Å². The predicted molar refractivity (Wildman–Crippen MR) is 53.7 cm³/mol. The van der Waals surface area contributed by atoms with Crippen LogP contribution in [0.1, 0.15) is 10.4 Å². The van der Waals surface area contributed by atoms with Crippen LogP contribution in [0.2, 0.25) is 10.0 Å². The van der Waals surface area contributed by atoms with Gasteiger partial charge in [-0.3, -0.25) is 4.79 Å². The molecule has 1 heterocycles. The van der Waals surface area contributed by atoms with Crippen molar-refractivity contribution in [3.05, 3.63) is 33.9 Å². The minimum absolute atomic E-state index is 0.399. The number of aldehydes is 1. The Bertz CT molecular complexity index is 476. The molecule has 0 aliphatic rings. The van der Waals surface area contributed by atoms with E-state index in [1.807, 2.05) is 0 Å². The zero-order valence-electron chi connectivity index (χ0n) is 6.47. The molecular formula is C9H5Cl2NO. The maximum Gasteiger partial charge on any atom is 0.152 e. The number of hydrogen-bond acceptors (Lipinski definition) is 1. The lowest BCUT2D eigenvalue weighted by Gasteiger charge is -1.99. The van der Waals surface area contributed by atoms with Crippen molar-refractivity contribution >= 4 is 40.4 Å². The Labute approximate surface area is 84.5 Å². The Balaban J connectivity index is 2.95. The molecule has 0 atom stereocenters. The Morgan fingerprint density at radius 1 is 1.38 bits per heavy atom. The van der Waals surface area contributed by atoms with Gasteiger partial charge in [0.1, 0.15) is 0 Å². The Morgan fingerprint density at radius 3 is 2.85 bits per heavy atom. The zero-order chi connectivity index (χ0) is 9.42. The van der Waals surface area contributed by atoms with Gasteiger partial charge in [-0.2, -0.15) is 0 Å². The number of carbonyl (C=O) groups excluding carboxylic acids is 1. The molecule has 0 spiro atoms. The Morgan fingerprint density at radius 2 is 2.15 bits per heavy atom. The van der Waals surface area contributed by atoms with Gasteiger partial charge in [0.2, 0.25) is 0 Å². The minimum Gasteiger partial charge on any atom is -0.361 e. The third kappa shape index (κ3) is 1.23. The molecule has 1 aromatic carbocycles. The average Bonchev–Trinajstić information content (AvgIpc) is 2.60. The first-order chi connectivity index (χ1) is 6.24. The Hall–Kier alpha value is -0.990. The lowest BCUT2D eigenvalue weighted by atomic mass is 10.1. The van der Waals surface area contributed by atoms with E-state index in [4.69, 9.17) is 23.2 Å². The molecule has 66 valence electrons. The number of rotatable bonds is 1. The van der Waals surface area contributed by atoms with Gasteiger partial charge in [0.15, 0.2) is 6.29 Å². The van der Waals surface area contributed by atoms with Crippen molar-refractivity contribution in [2.24, 2.45) is 0 Å². The van der Waals surface area contributed by atoms with Crippen molar-refractivity contribution in [2.45, 2.75) is 0 Å². The number of halogens is 2. The van der Waals surface area contributed by atoms with Crippen LogP contribution in [0.5, 0.6) is 0 Å². The topological polar surface area (TPSA) is 32.9 Å². The summed E-state index contributed by atoms with van der Waals surface area (Å²) < 4.78 is 0. The quantitative estimate of drug-likeness (QED) is 0.725. The van der Waals surface area contributed by atoms with Gasteiger partial charge < -0.3 is 4.98 Å². The molecule has 1 aromatic heterocycles. The van der Waals surface area contributed by atoms with Gasteiger partial charge in [-0.1, -0.05) is 23.2 Å². The normalized spacial score (nSPS) is 10.6. The standard InChI is InChI=1S/C9H5Cl2NO/c10-7-3-5(4-13)9-6(8(7)11)1-2-12-9/h1-4,12H. The van der Waals surface area contributed by atoms with Crippen molar-refractivity contribution in [2.75, 3.05) is 0 Å². The van der Waals surface area contributed by atoms with Gasteiger partial charge in [0.05, 0.1) is 15.6 Å². The van der Waals surface area contributed by atoms with E-state index in [2.05, 4.69) is 4.98 Å². The highest BCUT2D eigenvalue weighted by Crippen LogP contribution is 2.32. The van der Waals surface area contributed by atoms with E-state index in [1.54, 1.807) is 18.3 Å². The van der Waals surface area contributed by atoms with Crippen LogP contribution in [-0.4, -0.2) is 11.3 Å². The maximum absolute atomic E-state index is 10.7. The Kier molecular flexibility index (Phi) is 2.02. The molecule has 0 bridgehead atoms. The summed E-state index contributed by atoms with van der Waals surface area (Å²) in [5, 5.41) is 1.65. The molecule has 0 saturated carbocycles. The van der Waals surface area contributed by atoms with Crippen LogP contribution in [-0.2, 0) is 0 Å². The highest BCUT2D eigenvalue weighted by molar-refractivity contribution is 6.45. The first-order valence-corrected chi connectivity index (χ1v) is 4.40. The van der Waals surface area contributed by atoms with E-state index in [0.29, 0.717) is 15.6 Å². The van der Waals surface area contributed by atoms with Crippen LogP contribution in [0.4, 0.5) is 0 Å². The maximum atomic E-state index is 10.7. The lowest BCUT2D eigenvalue weighted by Crippen LogP contribution is -1.83.